The van der Waals surface area contributed by atoms with Crippen LogP contribution in [-0.4, -0.2) is 27.5 Å². The zero-order valence-electron chi connectivity index (χ0n) is 20.6. The molecule has 2 aliphatic rings. The van der Waals surface area contributed by atoms with Gasteiger partial charge in [0.15, 0.2) is 0 Å². The lowest BCUT2D eigenvalue weighted by molar-refractivity contribution is -0.122. The summed E-state index contributed by atoms with van der Waals surface area (Å²) in [6.07, 6.45) is 0. The second-order valence-corrected chi connectivity index (χ2v) is 13.6. The first-order valence-electron chi connectivity index (χ1n) is 12.2. The molecule has 208 valence electrons. The molecule has 0 unspecified atom stereocenters. The number of benzene rings is 3. The van der Waals surface area contributed by atoms with Crippen molar-refractivity contribution >= 4 is 103 Å². The van der Waals surface area contributed by atoms with Gasteiger partial charge in [0, 0.05) is 26.0 Å². The lowest BCUT2D eigenvalue weighted by atomic mass is 9.83. The number of thiazole rings is 1. The zero-order valence-corrected chi connectivity index (χ0v) is 26.1. The molecule has 0 aliphatic carbocycles. The number of thioether (sulfide) groups is 1. The minimum atomic E-state index is -0.849. The van der Waals surface area contributed by atoms with Crippen LogP contribution in [0.5, 0.6) is 0 Å². The highest BCUT2D eigenvalue weighted by Gasteiger charge is 2.57. The second-order valence-electron chi connectivity index (χ2n) is 9.35. The molecule has 6 rings (SSSR count). The van der Waals surface area contributed by atoms with E-state index in [1.54, 1.807) is 66.7 Å². The molecule has 3 amide bonds. The Morgan fingerprint density at radius 3 is 2.34 bits per heavy atom. The maximum absolute atomic E-state index is 14.0. The molecule has 0 radical (unpaired) electrons. The lowest BCUT2D eigenvalue weighted by Gasteiger charge is -2.31. The summed E-state index contributed by atoms with van der Waals surface area (Å²) in [4.78, 5) is 55.4. The number of hydrogen-bond donors (Lipinski definition) is 1. The van der Waals surface area contributed by atoms with Crippen molar-refractivity contribution in [2.24, 2.45) is 5.92 Å². The number of rotatable bonds is 5. The van der Waals surface area contributed by atoms with Gasteiger partial charge in [-0.15, -0.1) is 0 Å². The van der Waals surface area contributed by atoms with Gasteiger partial charge in [0.2, 0.25) is 17.7 Å². The number of fused-ring (bicyclic) bond motifs is 2. The van der Waals surface area contributed by atoms with Gasteiger partial charge in [-0.2, -0.15) is 0 Å². The highest BCUT2D eigenvalue weighted by molar-refractivity contribution is 9.10. The third kappa shape index (κ3) is 5.15. The summed E-state index contributed by atoms with van der Waals surface area (Å²) in [5, 5.41) is 3.42. The summed E-state index contributed by atoms with van der Waals surface area (Å²) < 4.78 is 2.15. The summed E-state index contributed by atoms with van der Waals surface area (Å²) in [6.45, 7) is -0.285. The van der Waals surface area contributed by atoms with Crippen LogP contribution in [0.4, 0.5) is 11.4 Å². The van der Waals surface area contributed by atoms with E-state index in [1.807, 2.05) is 0 Å². The molecule has 3 atom stereocenters. The van der Waals surface area contributed by atoms with Crippen molar-refractivity contribution in [2.75, 3.05) is 10.2 Å². The SMILES string of the molecule is O=C(Cn1c2c(sc1=O)[C@@H](c1cccc(Cl)c1Cl)[C@@H]1C(=O)N(c3ccc(Br)cc3)C(=O)[C@@H]1S2)Nc1ccc(Cl)cc1. The topological polar surface area (TPSA) is 88.5 Å². The Kier molecular flexibility index (Phi) is 7.82. The Bertz CT molecular complexity index is 1780. The summed E-state index contributed by atoms with van der Waals surface area (Å²) >= 11 is 24.4. The van der Waals surface area contributed by atoms with Gasteiger partial charge in [-0.25, -0.2) is 4.90 Å². The van der Waals surface area contributed by atoms with E-state index in [1.165, 1.54) is 9.47 Å². The Hall–Kier alpha value is -2.60. The van der Waals surface area contributed by atoms with Crippen molar-refractivity contribution in [3.63, 3.8) is 0 Å². The average molecular weight is 710 g/mol. The largest absolute Gasteiger partial charge is 0.325 e. The van der Waals surface area contributed by atoms with E-state index in [9.17, 15) is 19.2 Å². The van der Waals surface area contributed by atoms with Gasteiger partial charge >= 0.3 is 4.87 Å². The highest BCUT2D eigenvalue weighted by atomic mass is 79.9. The molecular formula is C28H17BrCl3N3O4S2. The van der Waals surface area contributed by atoms with Crippen molar-refractivity contribution in [3.05, 3.63) is 106 Å². The van der Waals surface area contributed by atoms with Gasteiger partial charge < -0.3 is 5.32 Å². The number of halogens is 4. The van der Waals surface area contributed by atoms with E-state index < -0.39 is 34.8 Å². The van der Waals surface area contributed by atoms with E-state index in [-0.39, 0.29) is 21.5 Å². The molecule has 1 saturated heterocycles. The summed E-state index contributed by atoms with van der Waals surface area (Å²) in [5.41, 5.74) is 1.50. The van der Waals surface area contributed by atoms with Gasteiger partial charge in [-0.05, 0) is 60.2 Å². The Labute approximate surface area is 265 Å². The lowest BCUT2D eigenvalue weighted by Crippen LogP contribution is -2.33. The monoisotopic (exact) mass is 707 g/mol. The van der Waals surface area contributed by atoms with Crippen molar-refractivity contribution in [3.8, 4) is 0 Å². The zero-order chi connectivity index (χ0) is 29.0. The van der Waals surface area contributed by atoms with Gasteiger partial charge in [-0.3, -0.25) is 23.7 Å². The van der Waals surface area contributed by atoms with Crippen LogP contribution in [0.25, 0.3) is 0 Å². The van der Waals surface area contributed by atoms with Crippen LogP contribution in [0.2, 0.25) is 15.1 Å². The van der Waals surface area contributed by atoms with Crippen molar-refractivity contribution in [1.82, 2.24) is 4.57 Å². The molecule has 0 saturated carbocycles. The highest BCUT2D eigenvalue weighted by Crippen LogP contribution is 2.55. The predicted octanol–water partition coefficient (Wildman–Crippen LogP) is 7.07. The molecule has 4 aromatic rings. The minimum absolute atomic E-state index is 0.242. The van der Waals surface area contributed by atoms with Gasteiger partial charge in [0.25, 0.3) is 0 Å². The molecule has 1 N–H and O–H groups in total. The maximum atomic E-state index is 14.0. The fraction of sp³-hybridized carbons (Fsp3) is 0.143. The third-order valence-corrected chi connectivity index (χ3v) is 11.1. The van der Waals surface area contributed by atoms with E-state index in [0.717, 1.165) is 27.6 Å². The molecule has 1 fully saturated rings. The molecule has 1 aromatic heterocycles. The molecule has 3 heterocycles. The first-order chi connectivity index (χ1) is 19.6. The number of nitrogens with zero attached hydrogens (tertiary/aromatic N) is 2. The number of nitrogens with one attached hydrogen (secondary N) is 1. The molecule has 41 heavy (non-hydrogen) atoms. The van der Waals surface area contributed by atoms with Crippen LogP contribution in [0, 0.1) is 5.92 Å². The van der Waals surface area contributed by atoms with E-state index in [0.29, 0.717) is 31.9 Å². The molecule has 2 aliphatic heterocycles. The van der Waals surface area contributed by atoms with Crippen molar-refractivity contribution in [2.45, 2.75) is 22.7 Å². The Balaban J connectivity index is 1.43. The summed E-state index contributed by atoms with van der Waals surface area (Å²) in [7, 11) is 0. The summed E-state index contributed by atoms with van der Waals surface area (Å²) in [6, 6.07) is 18.6. The fourth-order valence-corrected chi connectivity index (χ4v) is 8.65. The predicted molar refractivity (Wildman–Crippen MR) is 167 cm³/mol. The Morgan fingerprint density at radius 1 is 0.927 bits per heavy atom. The molecule has 0 spiro atoms. The number of amides is 3. The van der Waals surface area contributed by atoms with E-state index in [4.69, 9.17) is 34.8 Å². The number of anilines is 2. The number of hydrogen-bond acceptors (Lipinski definition) is 6. The fourth-order valence-electron chi connectivity index (χ4n) is 5.07. The van der Waals surface area contributed by atoms with Crippen LogP contribution in [0.15, 0.2) is 81.0 Å². The quantitative estimate of drug-likeness (QED) is 0.224. The number of carbonyl (C=O) groups excluding carboxylic acids is 3. The third-order valence-electron chi connectivity index (χ3n) is 6.88. The summed E-state index contributed by atoms with van der Waals surface area (Å²) in [5.74, 6) is -2.79. The standard InChI is InChI=1S/C28H17BrCl3N3O4S2/c29-13-4-10-16(11-5-13)35-25(37)21-20(17-2-1-3-18(31)22(17)32)24-27(40-23(21)26(35)38)34(28(39)41-24)12-19(36)33-15-8-6-14(30)7-9-15/h1-11,20-21,23H,12H2,(H,33,36)/t20-,21-,23+/m0/s1. The maximum Gasteiger partial charge on any atom is 0.308 e. The van der Waals surface area contributed by atoms with Crippen LogP contribution in [0.3, 0.4) is 0 Å². The minimum Gasteiger partial charge on any atom is -0.325 e. The van der Waals surface area contributed by atoms with E-state index >= 15 is 0 Å². The van der Waals surface area contributed by atoms with Crippen LogP contribution >= 0.6 is 73.8 Å². The normalized spacial score (nSPS) is 19.7. The Morgan fingerprint density at radius 2 is 1.63 bits per heavy atom. The number of carbonyl (C=O) groups is 3. The number of aromatic nitrogens is 1. The van der Waals surface area contributed by atoms with Crippen LogP contribution in [0.1, 0.15) is 16.4 Å². The first kappa shape index (κ1) is 28.5. The van der Waals surface area contributed by atoms with Gasteiger partial charge in [-0.1, -0.05) is 86.0 Å². The molecular weight excluding hydrogens is 693 g/mol. The van der Waals surface area contributed by atoms with Gasteiger partial charge in [0.05, 0.1) is 26.7 Å². The average Bonchev–Trinajstić information content (AvgIpc) is 3.38. The van der Waals surface area contributed by atoms with Crippen molar-refractivity contribution < 1.29 is 14.4 Å². The van der Waals surface area contributed by atoms with Crippen LogP contribution in [-0.2, 0) is 20.9 Å². The molecule has 7 nitrogen and oxygen atoms in total. The first-order valence-corrected chi connectivity index (χ1v) is 15.8. The smallest absolute Gasteiger partial charge is 0.308 e. The van der Waals surface area contributed by atoms with E-state index in [2.05, 4.69) is 21.2 Å². The second kappa shape index (κ2) is 11.2. The van der Waals surface area contributed by atoms with Gasteiger partial charge in [0.1, 0.15) is 11.8 Å². The molecule has 0 bridgehead atoms. The molecule has 3 aromatic carbocycles. The van der Waals surface area contributed by atoms with Crippen LogP contribution < -0.4 is 15.1 Å². The van der Waals surface area contributed by atoms with Crippen molar-refractivity contribution in [1.29, 1.82) is 0 Å². The molecule has 13 heteroatoms. The number of imide groups is 1.